The molecule has 140 valence electrons. The van der Waals surface area contributed by atoms with Gasteiger partial charge in [0.25, 0.3) is 5.91 Å². The number of carbonyl (C=O) groups excluding carboxylic acids is 3. The zero-order chi connectivity index (χ0) is 18.9. The third-order valence-electron chi connectivity index (χ3n) is 5.69. The number of ether oxygens (including phenoxy) is 1. The molecule has 3 amide bonds. The molecular weight excluding hydrogens is 332 g/mol. The number of hydrogen-bond donors (Lipinski definition) is 1. The number of aryl methyl sites for hydroxylation is 2. The maximum atomic E-state index is 12.8. The number of rotatable bonds is 4. The highest BCUT2D eigenvalue weighted by atomic mass is 16.5. The molecular formula is C20H26N2O4. The molecule has 1 saturated carbocycles. The Balaban J connectivity index is 1.67. The quantitative estimate of drug-likeness (QED) is 0.510. The van der Waals surface area contributed by atoms with E-state index in [1.807, 2.05) is 32.0 Å². The van der Waals surface area contributed by atoms with Gasteiger partial charge < -0.3 is 10.1 Å². The van der Waals surface area contributed by atoms with Crippen LogP contribution in [0.4, 0.5) is 4.79 Å². The van der Waals surface area contributed by atoms with Gasteiger partial charge in [-0.25, -0.2) is 9.59 Å². The van der Waals surface area contributed by atoms with Gasteiger partial charge in [0.2, 0.25) is 0 Å². The number of urea groups is 1. The van der Waals surface area contributed by atoms with Crippen molar-refractivity contribution in [2.24, 2.45) is 5.92 Å². The topological polar surface area (TPSA) is 75.7 Å². The normalized spacial score (nSPS) is 25.5. The standard InChI is InChI=1S/C20H26N2O4/c1-4-15-8-10-20(11-9-15)18(24)22(19(25)21-20)12-16(23)26-17-13(2)6-5-7-14(17)3/h5-7,15H,4,8-12H2,1-3H3,(H,21,25). The molecule has 2 aliphatic rings. The lowest BCUT2D eigenvalue weighted by Crippen LogP contribution is -2.49. The lowest BCUT2D eigenvalue weighted by molar-refractivity contribution is -0.141. The van der Waals surface area contributed by atoms with Crippen molar-refractivity contribution in [3.8, 4) is 5.75 Å². The van der Waals surface area contributed by atoms with Crippen molar-refractivity contribution in [1.29, 1.82) is 0 Å². The summed E-state index contributed by atoms with van der Waals surface area (Å²) in [6.45, 7) is 5.49. The van der Waals surface area contributed by atoms with E-state index in [0.29, 0.717) is 24.5 Å². The first-order valence-corrected chi connectivity index (χ1v) is 9.27. The molecule has 6 nitrogen and oxygen atoms in total. The second-order valence-corrected chi connectivity index (χ2v) is 7.45. The number of hydrogen-bond acceptors (Lipinski definition) is 4. The lowest BCUT2D eigenvalue weighted by Gasteiger charge is -2.34. The largest absolute Gasteiger partial charge is 0.425 e. The number of benzene rings is 1. The van der Waals surface area contributed by atoms with Crippen LogP contribution in [0.5, 0.6) is 5.75 Å². The van der Waals surface area contributed by atoms with Crippen LogP contribution >= 0.6 is 0 Å². The van der Waals surface area contributed by atoms with Gasteiger partial charge in [0.1, 0.15) is 17.8 Å². The van der Waals surface area contributed by atoms with Gasteiger partial charge >= 0.3 is 12.0 Å². The Bertz CT molecular complexity index is 715. The Labute approximate surface area is 153 Å². The van der Waals surface area contributed by atoms with Gasteiger partial charge in [-0.1, -0.05) is 31.5 Å². The smallest absolute Gasteiger partial charge is 0.331 e. The van der Waals surface area contributed by atoms with Crippen LogP contribution in [0.1, 0.15) is 50.2 Å². The monoisotopic (exact) mass is 358 g/mol. The third kappa shape index (κ3) is 3.32. The zero-order valence-corrected chi connectivity index (χ0v) is 15.6. The number of nitrogens with one attached hydrogen (secondary N) is 1. The molecule has 0 aromatic heterocycles. The predicted octanol–water partition coefficient (Wildman–Crippen LogP) is 3.10. The maximum Gasteiger partial charge on any atom is 0.331 e. The zero-order valence-electron chi connectivity index (χ0n) is 15.6. The van der Waals surface area contributed by atoms with Crippen molar-refractivity contribution < 1.29 is 19.1 Å². The van der Waals surface area contributed by atoms with Crippen LogP contribution in [0.25, 0.3) is 0 Å². The molecule has 1 heterocycles. The average Bonchev–Trinajstić information content (AvgIpc) is 2.83. The fraction of sp³-hybridized carbons (Fsp3) is 0.550. The van der Waals surface area contributed by atoms with Crippen LogP contribution in [0, 0.1) is 19.8 Å². The van der Waals surface area contributed by atoms with Gasteiger partial charge in [0.15, 0.2) is 0 Å². The molecule has 1 spiro atoms. The molecule has 1 aromatic carbocycles. The first-order valence-electron chi connectivity index (χ1n) is 9.27. The minimum Gasteiger partial charge on any atom is -0.425 e. The molecule has 0 atom stereocenters. The molecule has 0 radical (unpaired) electrons. The van der Waals surface area contributed by atoms with Crippen LogP contribution in [-0.4, -0.2) is 34.9 Å². The highest BCUT2D eigenvalue weighted by Gasteiger charge is 2.52. The molecule has 0 bridgehead atoms. The summed E-state index contributed by atoms with van der Waals surface area (Å²) in [5.74, 6) is 0.191. The summed E-state index contributed by atoms with van der Waals surface area (Å²) in [5, 5.41) is 2.84. The first kappa shape index (κ1) is 18.4. The Morgan fingerprint density at radius 3 is 2.42 bits per heavy atom. The summed E-state index contributed by atoms with van der Waals surface area (Å²) in [6.07, 6.45) is 4.20. The minimum absolute atomic E-state index is 0.296. The Morgan fingerprint density at radius 2 is 1.85 bits per heavy atom. The first-order chi connectivity index (χ1) is 12.4. The fourth-order valence-corrected chi connectivity index (χ4v) is 3.97. The summed E-state index contributed by atoms with van der Waals surface area (Å²) in [5.41, 5.74) is 0.844. The van der Waals surface area contributed by atoms with Crippen LogP contribution in [0.2, 0.25) is 0 Å². The van der Waals surface area contributed by atoms with Gasteiger partial charge in [-0.05, 0) is 56.6 Å². The van der Waals surface area contributed by atoms with Crippen LogP contribution in [0.15, 0.2) is 18.2 Å². The molecule has 6 heteroatoms. The van der Waals surface area contributed by atoms with E-state index in [1.165, 1.54) is 0 Å². The summed E-state index contributed by atoms with van der Waals surface area (Å²) < 4.78 is 5.43. The number of esters is 1. The molecule has 1 aliphatic heterocycles. The minimum atomic E-state index is -0.832. The molecule has 3 rings (SSSR count). The molecule has 1 aliphatic carbocycles. The van der Waals surface area contributed by atoms with Crippen molar-refractivity contribution in [2.45, 2.75) is 58.4 Å². The maximum absolute atomic E-state index is 12.8. The lowest BCUT2D eigenvalue weighted by atomic mass is 9.75. The molecule has 2 fully saturated rings. The number of nitrogens with zero attached hydrogens (tertiary/aromatic N) is 1. The van der Waals surface area contributed by atoms with Gasteiger partial charge in [-0.15, -0.1) is 0 Å². The second-order valence-electron chi connectivity index (χ2n) is 7.45. The molecule has 1 saturated heterocycles. The van der Waals surface area contributed by atoms with Gasteiger partial charge in [-0.3, -0.25) is 9.69 Å². The van der Waals surface area contributed by atoms with Crippen LogP contribution in [0.3, 0.4) is 0 Å². The summed E-state index contributed by atoms with van der Waals surface area (Å²) >= 11 is 0. The van der Waals surface area contributed by atoms with E-state index >= 15 is 0 Å². The van der Waals surface area contributed by atoms with E-state index in [2.05, 4.69) is 12.2 Å². The van der Waals surface area contributed by atoms with Gasteiger partial charge in [0, 0.05) is 0 Å². The number of amides is 3. The third-order valence-corrected chi connectivity index (χ3v) is 5.69. The van der Waals surface area contributed by atoms with E-state index in [9.17, 15) is 14.4 Å². The number of para-hydroxylation sites is 1. The predicted molar refractivity (Wildman–Crippen MR) is 96.8 cm³/mol. The second kappa shape index (κ2) is 7.09. The fourth-order valence-electron chi connectivity index (χ4n) is 3.97. The molecule has 0 unspecified atom stereocenters. The summed E-state index contributed by atoms with van der Waals surface area (Å²) in [7, 11) is 0. The van der Waals surface area contributed by atoms with E-state index < -0.39 is 17.5 Å². The van der Waals surface area contributed by atoms with Crippen LogP contribution < -0.4 is 10.1 Å². The van der Waals surface area contributed by atoms with Crippen molar-refractivity contribution in [1.82, 2.24) is 10.2 Å². The van der Waals surface area contributed by atoms with Gasteiger partial charge in [0.05, 0.1) is 0 Å². The summed E-state index contributed by atoms with van der Waals surface area (Å²) in [4.78, 5) is 38.5. The van der Waals surface area contributed by atoms with Crippen molar-refractivity contribution in [3.63, 3.8) is 0 Å². The summed E-state index contributed by atoms with van der Waals surface area (Å²) in [6, 6.07) is 5.09. The SMILES string of the molecule is CCC1CCC2(CC1)NC(=O)N(CC(=O)Oc1c(C)cccc1C)C2=O. The Kier molecular flexibility index (Phi) is 5.03. The Hall–Kier alpha value is -2.37. The van der Waals surface area contributed by atoms with Crippen molar-refractivity contribution in [3.05, 3.63) is 29.3 Å². The van der Waals surface area contributed by atoms with E-state index in [-0.39, 0.29) is 12.5 Å². The Morgan fingerprint density at radius 1 is 1.23 bits per heavy atom. The number of carbonyl (C=O) groups is 3. The van der Waals surface area contributed by atoms with Gasteiger partial charge in [-0.2, -0.15) is 0 Å². The molecule has 26 heavy (non-hydrogen) atoms. The van der Waals surface area contributed by atoms with Crippen molar-refractivity contribution in [2.75, 3.05) is 6.54 Å². The highest BCUT2D eigenvalue weighted by molar-refractivity contribution is 6.08. The van der Waals surface area contributed by atoms with E-state index in [1.54, 1.807) is 0 Å². The molecule has 1 aromatic rings. The van der Waals surface area contributed by atoms with Crippen LogP contribution in [-0.2, 0) is 9.59 Å². The van der Waals surface area contributed by atoms with Crippen molar-refractivity contribution >= 4 is 17.9 Å². The molecule has 1 N–H and O–H groups in total. The average molecular weight is 358 g/mol. The van der Waals surface area contributed by atoms with E-state index in [0.717, 1.165) is 35.3 Å². The van der Waals surface area contributed by atoms with E-state index in [4.69, 9.17) is 4.74 Å². The number of imide groups is 1. The highest BCUT2D eigenvalue weighted by Crippen LogP contribution is 2.37.